The zero-order valence-corrected chi connectivity index (χ0v) is 20.3. The van der Waals surface area contributed by atoms with Crippen molar-refractivity contribution >= 4 is 56.8 Å². The first-order valence-corrected chi connectivity index (χ1v) is 11.4. The number of hydrogen-bond donors (Lipinski definition) is 1. The second-order valence-corrected chi connectivity index (χ2v) is 8.97. The molecule has 0 saturated carbocycles. The standard InChI is InChI=1S/C24H25BrN2O3S/c1-5-15(4)30-21-11-6-16(13-20(21)25)12-19-22(28)26-24(31)27(23(19)29)18-9-7-17(8-10-18)14(2)3/h6-15H,5H2,1-4H3,(H,26,28,31)/b19-12+/t15-/m0/s1. The molecule has 2 aromatic rings. The van der Waals surface area contributed by atoms with E-state index in [9.17, 15) is 9.59 Å². The van der Waals surface area contributed by atoms with Gasteiger partial charge in [0.1, 0.15) is 11.3 Å². The summed E-state index contributed by atoms with van der Waals surface area (Å²) in [4.78, 5) is 27.1. The number of carbonyl (C=O) groups excluding carboxylic acids is 2. The van der Waals surface area contributed by atoms with Gasteiger partial charge in [-0.1, -0.05) is 39.0 Å². The van der Waals surface area contributed by atoms with Gasteiger partial charge in [0.15, 0.2) is 5.11 Å². The highest BCUT2D eigenvalue weighted by molar-refractivity contribution is 9.10. The lowest BCUT2D eigenvalue weighted by Gasteiger charge is -2.29. The summed E-state index contributed by atoms with van der Waals surface area (Å²) in [5, 5.41) is 2.69. The van der Waals surface area contributed by atoms with Gasteiger partial charge in [-0.15, -0.1) is 0 Å². The lowest BCUT2D eigenvalue weighted by Crippen LogP contribution is -2.54. The number of anilines is 1. The summed E-state index contributed by atoms with van der Waals surface area (Å²) < 4.78 is 6.61. The molecule has 0 spiro atoms. The van der Waals surface area contributed by atoms with Gasteiger partial charge in [-0.25, -0.2) is 0 Å². The summed E-state index contributed by atoms with van der Waals surface area (Å²) in [6, 6.07) is 13.1. The first-order chi connectivity index (χ1) is 14.7. The Morgan fingerprint density at radius 3 is 2.39 bits per heavy atom. The van der Waals surface area contributed by atoms with E-state index >= 15 is 0 Å². The first-order valence-electron chi connectivity index (χ1n) is 10.2. The average molecular weight is 501 g/mol. The van der Waals surface area contributed by atoms with E-state index in [0.717, 1.165) is 16.5 Å². The number of hydrogen-bond acceptors (Lipinski definition) is 4. The van der Waals surface area contributed by atoms with Crippen LogP contribution in [-0.4, -0.2) is 23.0 Å². The van der Waals surface area contributed by atoms with Crippen LogP contribution in [0.1, 0.15) is 51.2 Å². The van der Waals surface area contributed by atoms with E-state index in [-0.39, 0.29) is 16.8 Å². The minimum Gasteiger partial charge on any atom is -0.490 e. The van der Waals surface area contributed by atoms with E-state index in [0.29, 0.717) is 22.9 Å². The smallest absolute Gasteiger partial charge is 0.270 e. The number of benzene rings is 2. The number of carbonyl (C=O) groups is 2. The van der Waals surface area contributed by atoms with Crippen LogP contribution in [0, 0.1) is 0 Å². The van der Waals surface area contributed by atoms with Crippen molar-refractivity contribution in [3.63, 3.8) is 0 Å². The summed E-state index contributed by atoms with van der Waals surface area (Å²) >= 11 is 8.78. The molecule has 31 heavy (non-hydrogen) atoms. The number of ether oxygens (including phenoxy) is 1. The van der Waals surface area contributed by atoms with Crippen molar-refractivity contribution in [3.05, 3.63) is 63.6 Å². The molecule has 1 aliphatic rings. The summed E-state index contributed by atoms with van der Waals surface area (Å²) in [6.45, 7) is 8.25. The second kappa shape index (κ2) is 9.75. The molecule has 1 atom stereocenters. The van der Waals surface area contributed by atoms with Crippen molar-refractivity contribution in [3.8, 4) is 5.75 Å². The van der Waals surface area contributed by atoms with Gasteiger partial charge in [0.05, 0.1) is 16.3 Å². The largest absolute Gasteiger partial charge is 0.490 e. The molecular formula is C24H25BrN2O3S. The maximum absolute atomic E-state index is 13.2. The van der Waals surface area contributed by atoms with E-state index in [2.05, 4.69) is 42.0 Å². The highest BCUT2D eigenvalue weighted by atomic mass is 79.9. The van der Waals surface area contributed by atoms with Crippen molar-refractivity contribution in [1.82, 2.24) is 5.32 Å². The number of nitrogens with one attached hydrogen (secondary N) is 1. The van der Waals surface area contributed by atoms with E-state index in [1.807, 2.05) is 49.4 Å². The molecule has 2 amide bonds. The van der Waals surface area contributed by atoms with Gasteiger partial charge in [0.25, 0.3) is 11.8 Å². The molecular weight excluding hydrogens is 476 g/mol. The SMILES string of the molecule is CC[C@H](C)Oc1ccc(/C=C2\C(=O)NC(=S)N(c3ccc(C(C)C)cc3)C2=O)cc1Br. The molecule has 0 aromatic heterocycles. The van der Waals surface area contributed by atoms with Crippen LogP contribution in [0.2, 0.25) is 0 Å². The average Bonchev–Trinajstić information content (AvgIpc) is 2.73. The fourth-order valence-electron chi connectivity index (χ4n) is 3.07. The Morgan fingerprint density at radius 2 is 1.81 bits per heavy atom. The molecule has 1 aliphatic heterocycles. The Balaban J connectivity index is 1.91. The normalized spacial score (nSPS) is 16.6. The Bertz CT molecular complexity index is 1050. The molecule has 0 bridgehead atoms. The molecule has 1 N–H and O–H groups in total. The van der Waals surface area contributed by atoms with Crippen LogP contribution in [0.5, 0.6) is 5.75 Å². The van der Waals surface area contributed by atoms with Crippen LogP contribution >= 0.6 is 28.1 Å². The molecule has 1 heterocycles. The Morgan fingerprint density at radius 1 is 1.13 bits per heavy atom. The number of amides is 2. The fourth-order valence-corrected chi connectivity index (χ4v) is 3.84. The number of halogens is 1. The van der Waals surface area contributed by atoms with Gasteiger partial charge in [0, 0.05) is 0 Å². The highest BCUT2D eigenvalue weighted by Gasteiger charge is 2.34. The number of rotatable bonds is 6. The molecule has 0 unspecified atom stereocenters. The first kappa shape index (κ1) is 23.2. The molecule has 1 saturated heterocycles. The van der Waals surface area contributed by atoms with Crippen molar-refractivity contribution in [2.75, 3.05) is 4.90 Å². The van der Waals surface area contributed by atoms with Gasteiger partial charge in [-0.3, -0.25) is 19.8 Å². The number of nitrogens with zero attached hydrogens (tertiary/aromatic N) is 1. The number of thiocarbonyl (C=S) groups is 1. The Labute approximate surface area is 196 Å². The zero-order valence-electron chi connectivity index (χ0n) is 17.9. The van der Waals surface area contributed by atoms with Crippen LogP contribution in [0.4, 0.5) is 5.69 Å². The van der Waals surface area contributed by atoms with Crippen LogP contribution in [0.25, 0.3) is 6.08 Å². The summed E-state index contributed by atoms with van der Waals surface area (Å²) in [7, 11) is 0. The van der Waals surface area contributed by atoms with Crippen LogP contribution in [0.3, 0.4) is 0 Å². The predicted octanol–water partition coefficient (Wildman–Crippen LogP) is 5.58. The third-order valence-corrected chi connectivity index (χ3v) is 5.99. The topological polar surface area (TPSA) is 58.6 Å². The Kier molecular flexibility index (Phi) is 7.28. The zero-order chi connectivity index (χ0) is 22.7. The lowest BCUT2D eigenvalue weighted by atomic mass is 10.0. The van der Waals surface area contributed by atoms with E-state index < -0.39 is 11.8 Å². The fraction of sp³-hybridized carbons (Fsp3) is 0.292. The third kappa shape index (κ3) is 5.22. The molecule has 7 heteroatoms. The van der Waals surface area contributed by atoms with Gasteiger partial charge in [-0.2, -0.15) is 0 Å². The monoisotopic (exact) mass is 500 g/mol. The van der Waals surface area contributed by atoms with E-state index in [1.165, 1.54) is 4.90 Å². The minimum absolute atomic E-state index is 0.0176. The summed E-state index contributed by atoms with van der Waals surface area (Å²) in [5.74, 6) is 0.117. The highest BCUT2D eigenvalue weighted by Crippen LogP contribution is 2.29. The van der Waals surface area contributed by atoms with Gasteiger partial charge in [0.2, 0.25) is 0 Å². The van der Waals surface area contributed by atoms with E-state index in [1.54, 1.807) is 6.08 Å². The maximum Gasteiger partial charge on any atom is 0.270 e. The van der Waals surface area contributed by atoms with Gasteiger partial charge in [-0.05, 0) is 88.9 Å². The van der Waals surface area contributed by atoms with Crippen molar-refractivity contribution < 1.29 is 14.3 Å². The van der Waals surface area contributed by atoms with Crippen LogP contribution in [0.15, 0.2) is 52.5 Å². The lowest BCUT2D eigenvalue weighted by molar-refractivity contribution is -0.122. The molecule has 0 radical (unpaired) electrons. The van der Waals surface area contributed by atoms with E-state index in [4.69, 9.17) is 17.0 Å². The summed E-state index contributed by atoms with van der Waals surface area (Å²) in [6.07, 6.45) is 2.54. The second-order valence-electron chi connectivity index (χ2n) is 7.73. The predicted molar refractivity (Wildman–Crippen MR) is 131 cm³/mol. The molecule has 1 fully saturated rings. The van der Waals surface area contributed by atoms with Crippen LogP contribution < -0.4 is 15.0 Å². The molecule has 162 valence electrons. The van der Waals surface area contributed by atoms with Crippen LogP contribution in [-0.2, 0) is 9.59 Å². The van der Waals surface area contributed by atoms with Crippen molar-refractivity contribution in [1.29, 1.82) is 0 Å². The molecule has 0 aliphatic carbocycles. The molecule has 3 rings (SSSR count). The minimum atomic E-state index is -0.513. The molecule has 5 nitrogen and oxygen atoms in total. The maximum atomic E-state index is 13.2. The Hall–Kier alpha value is -2.51. The third-order valence-electron chi connectivity index (χ3n) is 5.09. The van der Waals surface area contributed by atoms with Crippen molar-refractivity contribution in [2.24, 2.45) is 0 Å². The molecule has 2 aromatic carbocycles. The summed E-state index contributed by atoms with van der Waals surface area (Å²) in [5.41, 5.74) is 2.49. The van der Waals surface area contributed by atoms with Crippen molar-refractivity contribution in [2.45, 2.75) is 46.1 Å². The van der Waals surface area contributed by atoms with Gasteiger partial charge < -0.3 is 4.74 Å². The van der Waals surface area contributed by atoms with Gasteiger partial charge >= 0.3 is 0 Å². The quantitative estimate of drug-likeness (QED) is 0.319.